The summed E-state index contributed by atoms with van der Waals surface area (Å²) in [6.45, 7) is 4.18. The van der Waals surface area contributed by atoms with Gasteiger partial charge in [-0.05, 0) is 111 Å². The van der Waals surface area contributed by atoms with Crippen molar-refractivity contribution in [2.45, 2.75) is 90.6 Å². The number of allylic oxidation sites excluding steroid dienone is 2. The van der Waals surface area contributed by atoms with E-state index >= 15 is 0 Å². The third-order valence-electron chi connectivity index (χ3n) is 9.82. The molecule has 144 valence electrons. The van der Waals surface area contributed by atoms with Crippen LogP contribution in [0.15, 0.2) is 12.2 Å². The van der Waals surface area contributed by atoms with Gasteiger partial charge in [-0.3, -0.25) is 4.79 Å². The van der Waals surface area contributed by atoms with Gasteiger partial charge in [-0.25, -0.2) is 0 Å². The molecular weight excluding hydrogens is 320 g/mol. The SMILES string of the molecule is CC(=O)O[C@@H]1CC[C@]2(C)C3CC[C@]45C=CCCC4CCC5C3CC[C@H]2C1. The van der Waals surface area contributed by atoms with Gasteiger partial charge in [0.1, 0.15) is 6.10 Å². The molecule has 2 heteroatoms. The lowest BCUT2D eigenvalue weighted by Crippen LogP contribution is -2.54. The van der Waals surface area contributed by atoms with E-state index in [4.69, 9.17) is 4.74 Å². The fourth-order valence-electron chi connectivity index (χ4n) is 8.75. The molecule has 0 aromatic rings. The number of hydrogen-bond donors (Lipinski definition) is 0. The van der Waals surface area contributed by atoms with Gasteiger partial charge in [-0.15, -0.1) is 0 Å². The quantitative estimate of drug-likeness (QED) is 0.431. The maximum absolute atomic E-state index is 11.4. The molecule has 4 saturated carbocycles. The van der Waals surface area contributed by atoms with Crippen LogP contribution in [-0.2, 0) is 9.53 Å². The number of fused-ring (bicyclic) bond motifs is 4. The van der Waals surface area contributed by atoms with Crippen LogP contribution < -0.4 is 0 Å². The van der Waals surface area contributed by atoms with Crippen LogP contribution in [0.2, 0.25) is 0 Å². The van der Waals surface area contributed by atoms with Gasteiger partial charge in [0, 0.05) is 6.92 Å². The highest BCUT2D eigenvalue weighted by molar-refractivity contribution is 5.66. The number of carbonyl (C=O) groups is 1. The second kappa shape index (κ2) is 6.11. The normalized spacial score (nSPS) is 52.4. The summed E-state index contributed by atoms with van der Waals surface area (Å²) in [4.78, 5) is 11.4. The molecule has 4 fully saturated rings. The summed E-state index contributed by atoms with van der Waals surface area (Å²) in [5.41, 5.74) is 1.08. The van der Waals surface area contributed by atoms with Crippen molar-refractivity contribution < 1.29 is 9.53 Å². The molecule has 0 aliphatic heterocycles. The number of rotatable bonds is 1. The van der Waals surface area contributed by atoms with E-state index in [1.807, 2.05) is 0 Å². The maximum Gasteiger partial charge on any atom is 0.302 e. The summed E-state index contributed by atoms with van der Waals surface area (Å²) in [5.74, 6) is 4.52. The van der Waals surface area contributed by atoms with E-state index in [0.717, 1.165) is 42.4 Å². The van der Waals surface area contributed by atoms with E-state index in [2.05, 4.69) is 19.1 Å². The van der Waals surface area contributed by atoms with Gasteiger partial charge in [0.15, 0.2) is 0 Å². The van der Waals surface area contributed by atoms with Crippen molar-refractivity contribution in [3.05, 3.63) is 12.2 Å². The molecule has 26 heavy (non-hydrogen) atoms. The molecule has 0 amide bonds. The second-order valence-electron chi connectivity index (χ2n) is 10.6. The molecule has 0 aromatic heterocycles. The van der Waals surface area contributed by atoms with Crippen molar-refractivity contribution in [1.29, 1.82) is 0 Å². The first-order chi connectivity index (χ1) is 12.5. The highest BCUT2D eigenvalue weighted by Crippen LogP contribution is 2.69. The predicted molar refractivity (Wildman–Crippen MR) is 103 cm³/mol. The minimum Gasteiger partial charge on any atom is -0.463 e. The molecule has 4 unspecified atom stereocenters. The third-order valence-corrected chi connectivity index (χ3v) is 9.82. The number of esters is 1. The Hall–Kier alpha value is -0.790. The summed E-state index contributed by atoms with van der Waals surface area (Å²) in [5, 5.41) is 0. The van der Waals surface area contributed by atoms with Crippen LogP contribution in [0, 0.1) is 40.4 Å². The Bertz CT molecular complexity index is 609. The van der Waals surface area contributed by atoms with Crippen LogP contribution >= 0.6 is 0 Å². The molecule has 5 rings (SSSR count). The van der Waals surface area contributed by atoms with Crippen LogP contribution in [0.4, 0.5) is 0 Å². The van der Waals surface area contributed by atoms with Gasteiger partial charge >= 0.3 is 5.97 Å². The zero-order valence-corrected chi connectivity index (χ0v) is 16.7. The van der Waals surface area contributed by atoms with E-state index in [0.29, 0.717) is 10.8 Å². The Morgan fingerprint density at radius 1 is 0.962 bits per heavy atom. The van der Waals surface area contributed by atoms with Gasteiger partial charge in [0.2, 0.25) is 0 Å². The van der Waals surface area contributed by atoms with Crippen LogP contribution in [0.25, 0.3) is 0 Å². The zero-order valence-electron chi connectivity index (χ0n) is 16.7. The first kappa shape index (κ1) is 17.3. The molecule has 8 atom stereocenters. The zero-order chi connectivity index (χ0) is 17.9. The first-order valence-electron chi connectivity index (χ1n) is 11.4. The molecule has 0 radical (unpaired) electrons. The smallest absolute Gasteiger partial charge is 0.302 e. The number of hydrogen-bond acceptors (Lipinski definition) is 2. The molecule has 5 aliphatic rings. The van der Waals surface area contributed by atoms with Crippen molar-refractivity contribution in [1.82, 2.24) is 0 Å². The van der Waals surface area contributed by atoms with Gasteiger partial charge in [0.25, 0.3) is 0 Å². The van der Waals surface area contributed by atoms with E-state index in [9.17, 15) is 4.79 Å². The van der Waals surface area contributed by atoms with Gasteiger partial charge in [-0.1, -0.05) is 19.1 Å². The number of ether oxygens (including phenoxy) is 1. The molecule has 2 nitrogen and oxygen atoms in total. The lowest BCUT2D eigenvalue weighted by molar-refractivity contribution is -0.159. The Morgan fingerprint density at radius 3 is 2.65 bits per heavy atom. The highest BCUT2D eigenvalue weighted by Gasteiger charge is 2.61. The Morgan fingerprint density at radius 2 is 1.81 bits per heavy atom. The molecule has 0 aromatic carbocycles. The Balaban J connectivity index is 1.38. The summed E-state index contributed by atoms with van der Waals surface area (Å²) in [7, 11) is 0. The topological polar surface area (TPSA) is 26.3 Å². The van der Waals surface area contributed by atoms with Gasteiger partial charge in [-0.2, -0.15) is 0 Å². The first-order valence-corrected chi connectivity index (χ1v) is 11.4. The van der Waals surface area contributed by atoms with Crippen molar-refractivity contribution in [3.8, 4) is 0 Å². The van der Waals surface area contributed by atoms with Crippen LogP contribution in [-0.4, -0.2) is 12.1 Å². The number of carbonyl (C=O) groups excluding carboxylic acids is 1. The van der Waals surface area contributed by atoms with E-state index in [1.165, 1.54) is 57.8 Å². The lowest BCUT2D eigenvalue weighted by Gasteiger charge is -2.61. The van der Waals surface area contributed by atoms with Crippen LogP contribution in [0.5, 0.6) is 0 Å². The second-order valence-corrected chi connectivity index (χ2v) is 10.6. The van der Waals surface area contributed by atoms with Gasteiger partial charge < -0.3 is 4.74 Å². The predicted octanol–water partition coefficient (Wildman–Crippen LogP) is 5.91. The van der Waals surface area contributed by atoms with E-state index in [1.54, 1.807) is 6.92 Å². The highest BCUT2D eigenvalue weighted by atomic mass is 16.5. The summed E-state index contributed by atoms with van der Waals surface area (Å²) >= 11 is 0. The average molecular weight is 357 g/mol. The van der Waals surface area contributed by atoms with Crippen molar-refractivity contribution in [2.24, 2.45) is 40.4 Å². The summed E-state index contributed by atoms with van der Waals surface area (Å²) in [6.07, 6.45) is 20.4. The fourth-order valence-corrected chi connectivity index (χ4v) is 8.75. The monoisotopic (exact) mass is 356 g/mol. The van der Waals surface area contributed by atoms with Gasteiger partial charge in [0.05, 0.1) is 0 Å². The molecule has 0 bridgehead atoms. The Kier molecular flexibility index (Phi) is 4.07. The van der Waals surface area contributed by atoms with E-state index in [-0.39, 0.29) is 12.1 Å². The van der Waals surface area contributed by atoms with Crippen molar-refractivity contribution in [2.75, 3.05) is 0 Å². The van der Waals surface area contributed by atoms with Crippen LogP contribution in [0.3, 0.4) is 0 Å². The lowest BCUT2D eigenvalue weighted by atomic mass is 9.44. The fraction of sp³-hybridized carbons (Fsp3) is 0.875. The molecule has 0 heterocycles. The molecule has 1 spiro atoms. The maximum atomic E-state index is 11.4. The minimum atomic E-state index is -0.0898. The molecular formula is C24H36O2. The summed E-state index contributed by atoms with van der Waals surface area (Å²) < 4.78 is 5.61. The standard InChI is InChI=1S/C24H36O2/c1-16(25)26-19-10-13-23(2)18(15-19)6-8-20-21(23)11-14-24-12-4-3-5-17(24)7-9-22(20)24/h4,12,17-22H,3,5-11,13-15H2,1-2H3/t17?,18-,19+,20?,21?,22?,23-,24+/m0/s1. The molecule has 0 N–H and O–H groups in total. The third kappa shape index (κ3) is 2.39. The minimum absolute atomic E-state index is 0.0898. The molecule has 0 saturated heterocycles. The Labute approximate surface area is 159 Å². The van der Waals surface area contributed by atoms with Crippen LogP contribution in [0.1, 0.15) is 84.5 Å². The van der Waals surface area contributed by atoms with E-state index < -0.39 is 0 Å². The summed E-state index contributed by atoms with van der Waals surface area (Å²) in [6, 6.07) is 0. The van der Waals surface area contributed by atoms with Crippen molar-refractivity contribution >= 4 is 5.97 Å². The largest absolute Gasteiger partial charge is 0.463 e. The average Bonchev–Trinajstić information content (AvgIpc) is 3.01. The molecule has 5 aliphatic carbocycles. The van der Waals surface area contributed by atoms with Crippen molar-refractivity contribution in [3.63, 3.8) is 0 Å².